The molecule has 2 atom stereocenters. The molecule has 0 spiro atoms. The summed E-state index contributed by atoms with van der Waals surface area (Å²) in [6.07, 6.45) is 20.2. The quantitative estimate of drug-likeness (QED) is 0.0384. The molecule has 0 saturated carbocycles. The molecule has 0 aliphatic carbocycles. The van der Waals surface area contributed by atoms with Gasteiger partial charge in [-0.15, -0.1) is 0 Å². The Morgan fingerprint density at radius 1 is 0.730 bits per heavy atom. The molecule has 0 bridgehead atoms. The van der Waals surface area contributed by atoms with Crippen molar-refractivity contribution in [2.24, 2.45) is 0 Å². The van der Waals surface area contributed by atoms with Crippen molar-refractivity contribution in [2.45, 2.75) is 154 Å². The fourth-order valence-corrected chi connectivity index (χ4v) is 24.1. The Morgan fingerprint density at radius 3 is 1.81 bits per heavy atom. The number of rotatable bonds is 27. The van der Waals surface area contributed by atoms with Crippen molar-refractivity contribution in [3.63, 3.8) is 0 Å². The van der Waals surface area contributed by atoms with E-state index in [1.807, 2.05) is 6.26 Å². The fraction of sp³-hybridized carbons (Fsp3) is 0.935. The van der Waals surface area contributed by atoms with E-state index in [2.05, 4.69) is 53.4 Å². The summed E-state index contributed by atoms with van der Waals surface area (Å²) >= 11 is -2.41. The molecule has 0 saturated heterocycles. The first-order chi connectivity index (χ1) is 17.8. The molecule has 222 valence electrons. The number of hydrogen-bond acceptors (Lipinski definition) is 4. The van der Waals surface area contributed by atoms with Crippen molar-refractivity contribution in [3.05, 3.63) is 12.3 Å². The van der Waals surface area contributed by atoms with Crippen LogP contribution in [0, 0.1) is 0 Å². The van der Waals surface area contributed by atoms with Crippen molar-refractivity contribution < 1.29 is 18.9 Å². The molecule has 4 nitrogen and oxygen atoms in total. The maximum absolute atomic E-state index is 6.29. The second-order valence-corrected chi connectivity index (χ2v) is 32.2. The number of unbranched alkanes of at least 4 members (excludes halogenated alkanes) is 4. The van der Waals surface area contributed by atoms with Crippen molar-refractivity contribution in [3.8, 4) is 0 Å². The van der Waals surface area contributed by atoms with Crippen molar-refractivity contribution >= 4 is 26.5 Å². The van der Waals surface area contributed by atoms with E-state index in [-0.39, 0.29) is 0 Å². The van der Waals surface area contributed by atoms with E-state index in [4.69, 9.17) is 18.9 Å². The fourth-order valence-electron chi connectivity index (χ4n) is 5.27. The zero-order valence-corrected chi connectivity index (χ0v) is 30.2. The van der Waals surface area contributed by atoms with Crippen LogP contribution in [0.3, 0.4) is 0 Å². The Kier molecular flexibility index (Phi) is 24.5. The van der Waals surface area contributed by atoms with Gasteiger partial charge in [0.25, 0.3) is 0 Å². The molecule has 0 aromatic carbocycles. The zero-order valence-electron chi connectivity index (χ0n) is 26.4. The van der Waals surface area contributed by atoms with E-state index in [0.717, 1.165) is 23.4 Å². The van der Waals surface area contributed by atoms with Gasteiger partial charge in [-0.1, -0.05) is 0 Å². The molecule has 0 aromatic heterocycles. The van der Waals surface area contributed by atoms with Crippen LogP contribution in [0.2, 0.25) is 42.9 Å². The Hall–Kier alpha value is 0.436. The summed E-state index contributed by atoms with van der Waals surface area (Å²) < 4.78 is 28.4. The SMILES string of the molecule is CCCC[C@@H](CCC[C@H](/C=C\OCOC)[Sn]([CH2]CCC)([CH2]CCC)[CH2]CCC)OCOCC[Si](C)(C)C. The van der Waals surface area contributed by atoms with Gasteiger partial charge in [0.05, 0.1) is 0 Å². The monoisotopic (exact) mass is 650 g/mol. The number of methoxy groups -OCH3 is 1. The van der Waals surface area contributed by atoms with Gasteiger partial charge in [0.2, 0.25) is 0 Å². The molecule has 0 N–H and O–H groups in total. The van der Waals surface area contributed by atoms with Gasteiger partial charge in [0, 0.05) is 0 Å². The first-order valence-corrected chi connectivity index (χ1v) is 27.2. The van der Waals surface area contributed by atoms with Gasteiger partial charge in [0.15, 0.2) is 0 Å². The predicted molar refractivity (Wildman–Crippen MR) is 168 cm³/mol. The van der Waals surface area contributed by atoms with Crippen molar-refractivity contribution in [1.82, 2.24) is 0 Å². The van der Waals surface area contributed by atoms with Crippen LogP contribution < -0.4 is 0 Å². The molecule has 0 aliphatic rings. The number of allylic oxidation sites excluding steroid dienone is 1. The summed E-state index contributed by atoms with van der Waals surface area (Å²) in [6.45, 7) is 18.2. The van der Waals surface area contributed by atoms with Gasteiger partial charge in [-0.2, -0.15) is 0 Å². The molecule has 0 radical (unpaired) electrons. The molecular weight excluding hydrogens is 583 g/mol. The molecule has 0 aliphatic heterocycles. The Bertz CT molecular complexity index is 502. The van der Waals surface area contributed by atoms with Crippen LogP contribution in [0.25, 0.3) is 0 Å². The van der Waals surface area contributed by atoms with E-state index >= 15 is 0 Å². The average molecular weight is 650 g/mol. The maximum atomic E-state index is 6.29. The predicted octanol–water partition coefficient (Wildman–Crippen LogP) is 10.4. The first kappa shape index (κ1) is 37.4. The van der Waals surface area contributed by atoms with Crippen LogP contribution in [0.4, 0.5) is 0 Å². The van der Waals surface area contributed by atoms with Crippen LogP contribution in [-0.2, 0) is 18.9 Å². The standard InChI is InChI=1S/C19H39O4Si.3C4H9.Sn/c1-6-7-12-19(23-18-22-15-16-24(3,4)5)13-10-8-9-11-14-21-17-20-2;3*1-3-4-2;/h9,11,14,19H,6-8,10,12-13,15-18H2,1-5H3;3*1,3-4H2,2H3;/b14-11-;;;;/t19-;;;;/m0..../s1. The molecule has 0 fully saturated rings. The molecule has 0 aromatic rings. The molecule has 0 rings (SSSR count). The summed E-state index contributed by atoms with van der Waals surface area (Å²) in [6, 6.07) is 1.21. The van der Waals surface area contributed by atoms with Gasteiger partial charge in [-0.25, -0.2) is 0 Å². The third-order valence-electron chi connectivity index (χ3n) is 7.77. The van der Waals surface area contributed by atoms with Crippen LogP contribution in [-0.4, -0.2) is 59.9 Å². The van der Waals surface area contributed by atoms with Gasteiger partial charge in [0.1, 0.15) is 0 Å². The van der Waals surface area contributed by atoms with Crippen molar-refractivity contribution in [2.75, 3.05) is 27.3 Å². The van der Waals surface area contributed by atoms with E-state index in [9.17, 15) is 0 Å². The summed E-state index contributed by atoms with van der Waals surface area (Å²) in [5.41, 5.74) is 0. The molecule has 0 heterocycles. The minimum absolute atomic E-state index is 0.327. The number of ether oxygens (including phenoxy) is 4. The van der Waals surface area contributed by atoms with Gasteiger partial charge >= 0.3 is 239 Å². The number of hydrogen-bond donors (Lipinski definition) is 0. The van der Waals surface area contributed by atoms with Crippen LogP contribution in [0.15, 0.2) is 12.3 Å². The first-order valence-electron chi connectivity index (χ1n) is 15.7. The second-order valence-electron chi connectivity index (χ2n) is 12.4. The average Bonchev–Trinajstić information content (AvgIpc) is 2.87. The Labute approximate surface area is 237 Å². The zero-order chi connectivity index (χ0) is 27.8. The molecule has 6 heteroatoms. The third kappa shape index (κ3) is 20.0. The van der Waals surface area contributed by atoms with E-state index in [1.54, 1.807) is 7.11 Å². The van der Waals surface area contributed by atoms with Crippen LogP contribution in [0.1, 0.15) is 105 Å². The molecule has 0 unspecified atom stereocenters. The van der Waals surface area contributed by atoms with Gasteiger partial charge in [-0.05, 0) is 0 Å². The topological polar surface area (TPSA) is 36.9 Å². The summed E-state index contributed by atoms with van der Waals surface area (Å²) in [7, 11) is 0.646. The summed E-state index contributed by atoms with van der Waals surface area (Å²) in [5.74, 6) is 0. The van der Waals surface area contributed by atoms with Crippen LogP contribution >= 0.6 is 0 Å². The van der Waals surface area contributed by atoms with Crippen molar-refractivity contribution in [1.29, 1.82) is 0 Å². The molecule has 37 heavy (non-hydrogen) atoms. The van der Waals surface area contributed by atoms with E-state index in [1.165, 1.54) is 83.6 Å². The Balaban J connectivity index is 5.36. The van der Waals surface area contributed by atoms with Crippen LogP contribution in [0.5, 0.6) is 0 Å². The third-order valence-corrected chi connectivity index (χ3v) is 26.9. The van der Waals surface area contributed by atoms with Gasteiger partial charge < -0.3 is 0 Å². The summed E-state index contributed by atoms with van der Waals surface area (Å²) in [5, 5.41) is 0. The molecule has 0 amide bonds. The normalized spacial score (nSPS) is 14.4. The van der Waals surface area contributed by atoms with E-state index in [0.29, 0.717) is 19.7 Å². The Morgan fingerprint density at radius 2 is 1.30 bits per heavy atom. The van der Waals surface area contributed by atoms with E-state index < -0.39 is 26.5 Å². The summed E-state index contributed by atoms with van der Waals surface area (Å²) in [4.78, 5) is 0. The minimum atomic E-state index is -2.41. The second kappa shape index (κ2) is 24.3. The van der Waals surface area contributed by atoms with Gasteiger partial charge in [-0.3, -0.25) is 0 Å². The molecular formula is C31H66O4SiSn.